The Kier molecular flexibility index (Phi) is 3.94. The van der Waals surface area contributed by atoms with Gasteiger partial charge in [0.15, 0.2) is 5.69 Å². The van der Waals surface area contributed by atoms with Crippen molar-refractivity contribution in [3.63, 3.8) is 0 Å². The molecule has 2 atom stereocenters. The molecule has 7 nitrogen and oxygen atoms in total. The molecule has 0 radical (unpaired) electrons. The smallest absolute Gasteiger partial charge is 0.273 e. The van der Waals surface area contributed by atoms with Gasteiger partial charge < -0.3 is 15.4 Å². The molecule has 7 heteroatoms. The van der Waals surface area contributed by atoms with Gasteiger partial charge in [-0.05, 0) is 12.1 Å². The summed E-state index contributed by atoms with van der Waals surface area (Å²) in [6.07, 6.45) is 1.60. The maximum atomic E-state index is 12.2. The predicted molar refractivity (Wildman–Crippen MR) is 76.3 cm³/mol. The summed E-state index contributed by atoms with van der Waals surface area (Å²) in [7, 11) is 1.64. The second-order valence-electron chi connectivity index (χ2n) is 4.90. The zero-order chi connectivity index (χ0) is 14.7. The molecule has 1 aliphatic rings. The van der Waals surface area contributed by atoms with E-state index in [1.54, 1.807) is 18.0 Å². The van der Waals surface area contributed by atoms with Crippen LogP contribution in [0.2, 0.25) is 0 Å². The van der Waals surface area contributed by atoms with Crippen LogP contribution < -0.4 is 10.6 Å². The molecule has 1 aromatic carbocycles. The summed E-state index contributed by atoms with van der Waals surface area (Å²) < 4.78 is 6.90. The van der Waals surface area contributed by atoms with E-state index in [9.17, 15) is 4.79 Å². The minimum Gasteiger partial charge on any atom is -0.378 e. The monoisotopic (exact) mass is 287 g/mol. The molecule has 2 N–H and O–H groups in total. The van der Waals surface area contributed by atoms with Gasteiger partial charge in [-0.1, -0.05) is 23.4 Å². The lowest BCUT2D eigenvalue weighted by Crippen LogP contribution is -2.43. The number of nitrogens with zero attached hydrogens (tertiary/aromatic N) is 3. The van der Waals surface area contributed by atoms with Crippen molar-refractivity contribution in [1.82, 2.24) is 25.6 Å². The first kappa shape index (κ1) is 13.7. The average Bonchev–Trinajstić information content (AvgIpc) is 3.17. The first-order valence-corrected chi connectivity index (χ1v) is 6.80. The molecule has 1 aliphatic heterocycles. The SMILES string of the molecule is CO[C@H]1CNC[C@@H]1NC(=O)c1cn(-c2ccccc2)nn1. The van der Waals surface area contributed by atoms with Crippen LogP contribution in [0.5, 0.6) is 0 Å². The van der Waals surface area contributed by atoms with Gasteiger partial charge >= 0.3 is 0 Å². The van der Waals surface area contributed by atoms with Crippen LogP contribution in [-0.2, 0) is 4.74 Å². The first-order chi connectivity index (χ1) is 10.3. The summed E-state index contributed by atoms with van der Waals surface area (Å²) in [6, 6.07) is 9.49. The highest BCUT2D eigenvalue weighted by Gasteiger charge is 2.29. The van der Waals surface area contributed by atoms with E-state index >= 15 is 0 Å². The van der Waals surface area contributed by atoms with Crippen molar-refractivity contribution in [1.29, 1.82) is 0 Å². The molecule has 2 aromatic rings. The molecular weight excluding hydrogens is 270 g/mol. The lowest BCUT2D eigenvalue weighted by molar-refractivity contribution is 0.0776. The Morgan fingerprint density at radius 2 is 2.19 bits per heavy atom. The highest BCUT2D eigenvalue weighted by molar-refractivity contribution is 5.92. The van der Waals surface area contributed by atoms with E-state index in [0.29, 0.717) is 12.2 Å². The van der Waals surface area contributed by atoms with Gasteiger partial charge in [-0.2, -0.15) is 0 Å². The predicted octanol–water partition coefficient (Wildman–Crippen LogP) is -0.0161. The molecule has 0 bridgehead atoms. The molecule has 1 saturated heterocycles. The number of para-hydroxylation sites is 1. The van der Waals surface area contributed by atoms with E-state index in [0.717, 1.165) is 12.2 Å². The van der Waals surface area contributed by atoms with Crippen molar-refractivity contribution in [2.45, 2.75) is 12.1 Å². The van der Waals surface area contributed by atoms with E-state index in [1.165, 1.54) is 0 Å². The summed E-state index contributed by atoms with van der Waals surface area (Å²) in [5.74, 6) is -0.243. The van der Waals surface area contributed by atoms with E-state index in [-0.39, 0.29) is 18.1 Å². The van der Waals surface area contributed by atoms with Gasteiger partial charge in [0.05, 0.1) is 24.0 Å². The van der Waals surface area contributed by atoms with Crippen molar-refractivity contribution in [3.05, 3.63) is 42.2 Å². The number of aromatic nitrogens is 3. The Hall–Kier alpha value is -2.25. The van der Waals surface area contributed by atoms with Crippen LogP contribution >= 0.6 is 0 Å². The number of carbonyl (C=O) groups is 1. The summed E-state index contributed by atoms with van der Waals surface area (Å²) in [5, 5.41) is 14.0. The molecule has 110 valence electrons. The van der Waals surface area contributed by atoms with Crippen LogP contribution in [-0.4, -0.2) is 53.2 Å². The minimum atomic E-state index is -0.243. The summed E-state index contributed by atoms with van der Waals surface area (Å²) in [6.45, 7) is 1.43. The Labute approximate surface area is 122 Å². The van der Waals surface area contributed by atoms with Crippen LogP contribution in [0, 0.1) is 0 Å². The highest BCUT2D eigenvalue weighted by Crippen LogP contribution is 2.07. The fourth-order valence-corrected chi connectivity index (χ4v) is 2.36. The van der Waals surface area contributed by atoms with E-state index < -0.39 is 0 Å². The largest absolute Gasteiger partial charge is 0.378 e. The second kappa shape index (κ2) is 6.02. The highest BCUT2D eigenvalue weighted by atomic mass is 16.5. The number of benzene rings is 1. The number of methoxy groups -OCH3 is 1. The first-order valence-electron chi connectivity index (χ1n) is 6.80. The van der Waals surface area contributed by atoms with Crippen LogP contribution in [0.15, 0.2) is 36.5 Å². The van der Waals surface area contributed by atoms with Crippen molar-refractivity contribution in [3.8, 4) is 5.69 Å². The van der Waals surface area contributed by atoms with E-state index in [4.69, 9.17) is 4.74 Å². The van der Waals surface area contributed by atoms with Gasteiger partial charge in [0.25, 0.3) is 5.91 Å². The van der Waals surface area contributed by atoms with Crippen molar-refractivity contribution in [2.24, 2.45) is 0 Å². The van der Waals surface area contributed by atoms with Crippen LogP contribution in [0.1, 0.15) is 10.5 Å². The third-order valence-corrected chi connectivity index (χ3v) is 3.52. The normalized spacial score (nSPS) is 21.4. The third-order valence-electron chi connectivity index (χ3n) is 3.52. The molecule has 1 fully saturated rings. The standard InChI is InChI=1S/C14H17N5O2/c1-21-13-8-15-7-11(13)16-14(20)12-9-19(18-17-12)10-5-3-2-4-6-10/h2-6,9,11,13,15H,7-8H2,1H3,(H,16,20)/t11-,13-/m0/s1. The quantitative estimate of drug-likeness (QED) is 0.826. The van der Waals surface area contributed by atoms with E-state index in [2.05, 4.69) is 20.9 Å². The lowest BCUT2D eigenvalue weighted by Gasteiger charge is -2.17. The molecule has 2 heterocycles. The number of hydrogen-bond acceptors (Lipinski definition) is 5. The maximum Gasteiger partial charge on any atom is 0.273 e. The Bertz CT molecular complexity index is 613. The van der Waals surface area contributed by atoms with Gasteiger partial charge in [0, 0.05) is 20.2 Å². The zero-order valence-electron chi connectivity index (χ0n) is 11.7. The van der Waals surface area contributed by atoms with Gasteiger partial charge in [0.1, 0.15) is 0 Å². The van der Waals surface area contributed by atoms with Crippen molar-refractivity contribution < 1.29 is 9.53 Å². The number of hydrogen-bond donors (Lipinski definition) is 2. The van der Waals surface area contributed by atoms with Crippen molar-refractivity contribution >= 4 is 5.91 Å². The average molecular weight is 287 g/mol. The Morgan fingerprint density at radius 1 is 1.38 bits per heavy atom. The van der Waals surface area contributed by atoms with Crippen LogP contribution in [0.4, 0.5) is 0 Å². The number of ether oxygens (including phenoxy) is 1. The molecule has 1 aromatic heterocycles. The third kappa shape index (κ3) is 2.93. The van der Waals surface area contributed by atoms with Crippen LogP contribution in [0.3, 0.4) is 0 Å². The Morgan fingerprint density at radius 3 is 2.95 bits per heavy atom. The molecule has 3 rings (SSSR count). The number of carbonyl (C=O) groups excluding carboxylic acids is 1. The summed E-state index contributed by atoms with van der Waals surface area (Å²) in [4.78, 5) is 12.2. The number of amides is 1. The van der Waals surface area contributed by atoms with Crippen molar-refractivity contribution in [2.75, 3.05) is 20.2 Å². The topological polar surface area (TPSA) is 81.1 Å². The maximum absolute atomic E-state index is 12.2. The van der Waals surface area contributed by atoms with Gasteiger partial charge in [-0.3, -0.25) is 4.79 Å². The lowest BCUT2D eigenvalue weighted by atomic mass is 10.2. The molecule has 0 saturated carbocycles. The summed E-state index contributed by atoms with van der Waals surface area (Å²) in [5.41, 5.74) is 1.15. The molecule has 21 heavy (non-hydrogen) atoms. The molecule has 1 amide bonds. The fraction of sp³-hybridized carbons (Fsp3) is 0.357. The molecular formula is C14H17N5O2. The molecule has 0 unspecified atom stereocenters. The van der Waals surface area contributed by atoms with Crippen LogP contribution in [0.25, 0.3) is 5.69 Å². The fourth-order valence-electron chi connectivity index (χ4n) is 2.36. The Balaban J connectivity index is 1.70. The van der Waals surface area contributed by atoms with Gasteiger partial charge in [-0.15, -0.1) is 5.10 Å². The van der Waals surface area contributed by atoms with E-state index in [1.807, 2.05) is 30.3 Å². The molecule has 0 spiro atoms. The second-order valence-corrected chi connectivity index (χ2v) is 4.90. The number of rotatable bonds is 4. The zero-order valence-corrected chi connectivity index (χ0v) is 11.7. The van der Waals surface area contributed by atoms with Gasteiger partial charge in [-0.25, -0.2) is 4.68 Å². The molecule has 0 aliphatic carbocycles. The summed E-state index contributed by atoms with van der Waals surface area (Å²) >= 11 is 0. The van der Waals surface area contributed by atoms with Gasteiger partial charge in [0.2, 0.25) is 0 Å². The number of nitrogens with one attached hydrogen (secondary N) is 2. The minimum absolute atomic E-state index is 0.0156.